The molecule has 0 saturated heterocycles. The second-order valence-corrected chi connectivity index (χ2v) is 8.37. The predicted octanol–water partition coefficient (Wildman–Crippen LogP) is 4.88. The SMILES string of the molecule is CCOC(=O)c1c(C)n(CC(C)C)c2cccc(C(C)(C(=O)O)c3cccc(O)c3)c12. The topological polar surface area (TPSA) is 88.8 Å². The van der Waals surface area contributed by atoms with Gasteiger partial charge in [-0.05, 0) is 56.0 Å². The lowest BCUT2D eigenvalue weighted by molar-refractivity contribution is -0.141. The molecule has 2 aromatic carbocycles. The molecule has 0 radical (unpaired) electrons. The molecule has 1 heterocycles. The normalized spacial score (nSPS) is 13.4. The average Bonchev–Trinajstić information content (AvgIpc) is 2.98. The number of ether oxygens (including phenoxy) is 1. The van der Waals surface area contributed by atoms with Gasteiger partial charge in [-0.25, -0.2) is 4.79 Å². The van der Waals surface area contributed by atoms with Crippen LogP contribution in [-0.2, 0) is 21.5 Å². The molecular weight excluding hydrogens is 394 g/mol. The number of carbonyl (C=O) groups is 2. The predicted molar refractivity (Wildman–Crippen MR) is 120 cm³/mol. The van der Waals surface area contributed by atoms with Gasteiger partial charge in [0, 0.05) is 23.1 Å². The highest BCUT2D eigenvalue weighted by Gasteiger charge is 2.40. The molecule has 2 N–H and O–H groups in total. The summed E-state index contributed by atoms with van der Waals surface area (Å²) < 4.78 is 7.40. The molecule has 0 bridgehead atoms. The van der Waals surface area contributed by atoms with E-state index in [1.54, 1.807) is 32.0 Å². The lowest BCUT2D eigenvalue weighted by atomic mass is 9.74. The van der Waals surface area contributed by atoms with Crippen LogP contribution in [0, 0.1) is 12.8 Å². The van der Waals surface area contributed by atoms with Gasteiger partial charge in [0.2, 0.25) is 0 Å². The third-order valence-electron chi connectivity index (χ3n) is 5.77. The van der Waals surface area contributed by atoms with Crippen LogP contribution in [0.5, 0.6) is 5.75 Å². The van der Waals surface area contributed by atoms with Crippen molar-refractivity contribution in [1.82, 2.24) is 4.57 Å². The van der Waals surface area contributed by atoms with Crippen molar-refractivity contribution in [1.29, 1.82) is 0 Å². The number of esters is 1. The minimum absolute atomic E-state index is 0.0173. The first kappa shape index (κ1) is 22.4. The van der Waals surface area contributed by atoms with E-state index in [0.29, 0.717) is 34.5 Å². The molecule has 0 saturated carbocycles. The number of aromatic hydroxyl groups is 1. The Hall–Kier alpha value is -3.28. The first-order valence-corrected chi connectivity index (χ1v) is 10.4. The van der Waals surface area contributed by atoms with E-state index in [2.05, 4.69) is 18.4 Å². The van der Waals surface area contributed by atoms with Gasteiger partial charge in [0.15, 0.2) is 0 Å². The number of nitrogens with zero attached hydrogens (tertiary/aromatic N) is 1. The van der Waals surface area contributed by atoms with E-state index in [-0.39, 0.29) is 12.4 Å². The fourth-order valence-electron chi connectivity index (χ4n) is 4.21. The molecule has 3 rings (SSSR count). The van der Waals surface area contributed by atoms with Gasteiger partial charge in [0.05, 0.1) is 12.2 Å². The van der Waals surface area contributed by atoms with E-state index in [1.807, 2.05) is 19.1 Å². The van der Waals surface area contributed by atoms with Gasteiger partial charge in [-0.15, -0.1) is 0 Å². The Bertz CT molecular complexity index is 1140. The molecule has 0 aliphatic carbocycles. The molecule has 6 nitrogen and oxygen atoms in total. The molecule has 1 unspecified atom stereocenters. The summed E-state index contributed by atoms with van der Waals surface area (Å²) in [5, 5.41) is 20.9. The van der Waals surface area contributed by atoms with E-state index in [9.17, 15) is 19.8 Å². The fourth-order valence-corrected chi connectivity index (χ4v) is 4.21. The van der Waals surface area contributed by atoms with Gasteiger partial charge >= 0.3 is 11.9 Å². The Morgan fingerprint density at radius 2 is 1.84 bits per heavy atom. The number of aromatic nitrogens is 1. The zero-order valence-corrected chi connectivity index (χ0v) is 18.6. The van der Waals surface area contributed by atoms with Gasteiger partial charge < -0.3 is 19.5 Å². The molecular formula is C25H29NO5. The number of carbonyl (C=O) groups excluding carboxylic acids is 1. The number of hydrogen-bond donors (Lipinski definition) is 2. The van der Waals surface area contributed by atoms with Crippen LogP contribution in [0.15, 0.2) is 42.5 Å². The van der Waals surface area contributed by atoms with Gasteiger partial charge in [0.25, 0.3) is 0 Å². The van der Waals surface area contributed by atoms with Crippen molar-refractivity contribution < 1.29 is 24.5 Å². The van der Waals surface area contributed by atoms with Gasteiger partial charge in [-0.3, -0.25) is 4.79 Å². The van der Waals surface area contributed by atoms with Crippen molar-refractivity contribution in [3.8, 4) is 5.75 Å². The number of carboxylic acids is 1. The van der Waals surface area contributed by atoms with Crippen molar-refractivity contribution >= 4 is 22.8 Å². The third kappa shape index (κ3) is 3.78. The zero-order valence-electron chi connectivity index (χ0n) is 18.6. The lowest BCUT2D eigenvalue weighted by Gasteiger charge is -2.27. The summed E-state index contributed by atoms with van der Waals surface area (Å²) in [6, 6.07) is 11.7. The summed E-state index contributed by atoms with van der Waals surface area (Å²) in [5.74, 6) is -1.24. The van der Waals surface area contributed by atoms with Crippen LogP contribution in [-0.4, -0.2) is 33.3 Å². The molecule has 6 heteroatoms. The molecule has 0 aliphatic rings. The van der Waals surface area contributed by atoms with Crippen LogP contribution in [0.3, 0.4) is 0 Å². The van der Waals surface area contributed by atoms with Crippen molar-refractivity contribution in [2.24, 2.45) is 5.92 Å². The van der Waals surface area contributed by atoms with Crippen LogP contribution < -0.4 is 0 Å². The molecule has 31 heavy (non-hydrogen) atoms. The van der Waals surface area contributed by atoms with Crippen molar-refractivity contribution in [2.75, 3.05) is 6.61 Å². The fraction of sp³-hybridized carbons (Fsp3) is 0.360. The summed E-state index contributed by atoms with van der Waals surface area (Å²) in [6.45, 7) is 10.3. The third-order valence-corrected chi connectivity index (χ3v) is 5.77. The quantitative estimate of drug-likeness (QED) is 0.529. The number of phenols is 1. The largest absolute Gasteiger partial charge is 0.508 e. The highest BCUT2D eigenvalue weighted by atomic mass is 16.5. The molecule has 164 valence electrons. The van der Waals surface area contributed by atoms with Gasteiger partial charge in [0.1, 0.15) is 11.2 Å². The average molecular weight is 424 g/mol. The lowest BCUT2D eigenvalue weighted by Crippen LogP contribution is -2.34. The number of hydrogen-bond acceptors (Lipinski definition) is 4. The second-order valence-electron chi connectivity index (χ2n) is 8.37. The van der Waals surface area contributed by atoms with E-state index >= 15 is 0 Å². The van der Waals surface area contributed by atoms with Crippen LogP contribution >= 0.6 is 0 Å². The number of fused-ring (bicyclic) bond motifs is 1. The number of rotatable bonds is 7. The zero-order chi connectivity index (χ0) is 22.9. The summed E-state index contributed by atoms with van der Waals surface area (Å²) >= 11 is 0. The highest BCUT2D eigenvalue weighted by molar-refractivity contribution is 6.09. The maximum atomic E-state index is 13.0. The van der Waals surface area contributed by atoms with Gasteiger partial charge in [-0.2, -0.15) is 0 Å². The first-order chi connectivity index (χ1) is 14.6. The second kappa shape index (κ2) is 8.46. The van der Waals surface area contributed by atoms with Crippen LogP contribution in [0.1, 0.15) is 54.9 Å². The number of carboxylic acid groups (broad SMARTS) is 1. The minimum atomic E-state index is -1.49. The summed E-state index contributed by atoms with van der Waals surface area (Å²) in [7, 11) is 0. The van der Waals surface area contributed by atoms with Gasteiger partial charge in [-0.1, -0.05) is 38.1 Å². The standard InChI is InChI=1S/C25H29NO5/c1-6-31-23(28)21-16(4)26(14-15(2)3)20-12-8-11-19(22(20)21)25(5,24(29)30)17-9-7-10-18(27)13-17/h7-13,15,27H,6,14H2,1-5H3,(H,29,30). The molecule has 1 atom stereocenters. The highest BCUT2D eigenvalue weighted by Crippen LogP contribution is 2.41. The molecule has 1 aromatic heterocycles. The summed E-state index contributed by atoms with van der Waals surface area (Å²) in [5.41, 5.74) is 1.35. The van der Waals surface area contributed by atoms with E-state index in [0.717, 1.165) is 11.2 Å². The van der Waals surface area contributed by atoms with Crippen LogP contribution in [0.25, 0.3) is 10.9 Å². The molecule has 0 spiro atoms. The molecule has 3 aromatic rings. The monoisotopic (exact) mass is 423 g/mol. The van der Waals surface area contributed by atoms with Crippen molar-refractivity contribution in [3.63, 3.8) is 0 Å². The number of aliphatic carboxylic acids is 1. The smallest absolute Gasteiger partial charge is 0.340 e. The van der Waals surface area contributed by atoms with E-state index < -0.39 is 17.4 Å². The Kier molecular flexibility index (Phi) is 6.11. The minimum Gasteiger partial charge on any atom is -0.508 e. The van der Waals surface area contributed by atoms with Crippen LogP contribution in [0.2, 0.25) is 0 Å². The first-order valence-electron chi connectivity index (χ1n) is 10.4. The maximum absolute atomic E-state index is 13.0. The molecule has 0 fully saturated rings. The Morgan fingerprint density at radius 1 is 1.16 bits per heavy atom. The number of benzene rings is 2. The Labute approximate surface area is 182 Å². The maximum Gasteiger partial charge on any atom is 0.340 e. The Morgan fingerprint density at radius 3 is 2.42 bits per heavy atom. The van der Waals surface area contributed by atoms with Crippen molar-refractivity contribution in [2.45, 2.75) is 46.6 Å². The van der Waals surface area contributed by atoms with Crippen LogP contribution in [0.4, 0.5) is 0 Å². The molecule has 0 aliphatic heterocycles. The number of phenolic OH excluding ortho intramolecular Hbond substituents is 1. The van der Waals surface area contributed by atoms with E-state index in [4.69, 9.17) is 4.74 Å². The Balaban J connectivity index is 2.44. The van der Waals surface area contributed by atoms with E-state index in [1.165, 1.54) is 12.1 Å². The van der Waals surface area contributed by atoms with Crippen molar-refractivity contribution in [3.05, 3.63) is 64.8 Å². The summed E-state index contributed by atoms with van der Waals surface area (Å²) in [6.07, 6.45) is 0. The molecule has 0 amide bonds. The summed E-state index contributed by atoms with van der Waals surface area (Å²) in [4.78, 5) is 25.6.